The highest BCUT2D eigenvalue weighted by Crippen LogP contribution is 2.31. The van der Waals surface area contributed by atoms with Crippen molar-refractivity contribution < 1.29 is 14.3 Å². The molecule has 3 aromatic carbocycles. The van der Waals surface area contributed by atoms with Gasteiger partial charge in [0.05, 0.1) is 0 Å². The van der Waals surface area contributed by atoms with Gasteiger partial charge in [-0.2, -0.15) is 0 Å². The van der Waals surface area contributed by atoms with Gasteiger partial charge in [-0.15, -0.1) is 0 Å². The Morgan fingerprint density at radius 2 is 1.64 bits per heavy atom. The fourth-order valence-corrected chi connectivity index (χ4v) is 4.73. The molecule has 0 aliphatic rings. The molecule has 0 aromatic heterocycles. The largest absolute Gasteiger partial charge is 0.483 e. The number of hydrogen-bond donors (Lipinski definition) is 1. The standard InChI is InChI=1S/C32H38Cl2N2O3/c1-6-22(2)35-31(38)28(18-23-12-8-7-9-13-23)36(20-24-16-17-25(33)19-27(24)34)30(37)21-39-29-15-11-10-14-26(29)32(3,4)5/h7-17,19,22,28H,6,18,20-21H2,1-5H3,(H,35,38)/t22-,28+/m0/s1. The second-order valence-corrected chi connectivity index (χ2v) is 11.7. The third-order valence-electron chi connectivity index (χ3n) is 6.67. The summed E-state index contributed by atoms with van der Waals surface area (Å²) in [5.74, 6) is 0.109. The van der Waals surface area contributed by atoms with Crippen LogP contribution in [0.1, 0.15) is 57.7 Å². The first kappa shape index (κ1) is 30.5. The van der Waals surface area contributed by atoms with Gasteiger partial charge in [-0.05, 0) is 53.6 Å². The minimum atomic E-state index is -0.776. The van der Waals surface area contributed by atoms with Crippen molar-refractivity contribution in [3.05, 3.63) is 99.5 Å². The molecule has 0 saturated heterocycles. The quantitative estimate of drug-likeness (QED) is 0.265. The number of para-hydroxylation sites is 1. The van der Waals surface area contributed by atoms with E-state index in [1.165, 1.54) is 0 Å². The Kier molecular flexibility index (Phi) is 10.8. The Labute approximate surface area is 242 Å². The summed E-state index contributed by atoms with van der Waals surface area (Å²) in [6.45, 7) is 10.2. The zero-order valence-electron chi connectivity index (χ0n) is 23.3. The van der Waals surface area contributed by atoms with Crippen LogP contribution in [0.25, 0.3) is 0 Å². The predicted octanol–water partition coefficient (Wildman–Crippen LogP) is 7.22. The molecule has 1 N–H and O–H groups in total. The molecule has 7 heteroatoms. The van der Waals surface area contributed by atoms with Crippen molar-refractivity contribution in [3.8, 4) is 5.75 Å². The lowest BCUT2D eigenvalue weighted by molar-refractivity contribution is -0.143. The van der Waals surface area contributed by atoms with Crippen LogP contribution in [-0.4, -0.2) is 35.4 Å². The van der Waals surface area contributed by atoms with Gasteiger partial charge in [0.2, 0.25) is 5.91 Å². The third-order valence-corrected chi connectivity index (χ3v) is 7.26. The van der Waals surface area contributed by atoms with Gasteiger partial charge < -0.3 is 15.0 Å². The molecule has 3 aromatic rings. The van der Waals surface area contributed by atoms with E-state index in [0.29, 0.717) is 27.8 Å². The van der Waals surface area contributed by atoms with Crippen LogP contribution in [0, 0.1) is 0 Å². The highest BCUT2D eigenvalue weighted by Gasteiger charge is 2.32. The molecule has 0 radical (unpaired) electrons. The maximum absolute atomic E-state index is 13.9. The molecule has 2 atom stereocenters. The molecule has 0 heterocycles. The number of carbonyl (C=O) groups excluding carboxylic acids is 2. The lowest BCUT2D eigenvalue weighted by Gasteiger charge is -2.32. The molecular formula is C32H38Cl2N2O3. The molecule has 0 spiro atoms. The van der Waals surface area contributed by atoms with E-state index in [-0.39, 0.29) is 36.4 Å². The average molecular weight is 570 g/mol. The number of ether oxygens (including phenoxy) is 1. The topological polar surface area (TPSA) is 58.6 Å². The van der Waals surface area contributed by atoms with Crippen molar-refractivity contribution in [2.24, 2.45) is 0 Å². The molecule has 0 bridgehead atoms. The summed E-state index contributed by atoms with van der Waals surface area (Å²) in [5.41, 5.74) is 2.47. The van der Waals surface area contributed by atoms with E-state index in [1.807, 2.05) is 68.4 Å². The van der Waals surface area contributed by atoms with Crippen LogP contribution >= 0.6 is 23.2 Å². The summed E-state index contributed by atoms with van der Waals surface area (Å²) in [5, 5.41) is 4.00. The molecule has 0 aliphatic heterocycles. The number of nitrogens with zero attached hydrogens (tertiary/aromatic N) is 1. The molecule has 2 amide bonds. The maximum Gasteiger partial charge on any atom is 0.261 e. The second-order valence-electron chi connectivity index (χ2n) is 10.8. The molecular weight excluding hydrogens is 531 g/mol. The molecule has 0 fully saturated rings. The van der Waals surface area contributed by atoms with E-state index >= 15 is 0 Å². The first-order chi connectivity index (χ1) is 18.5. The van der Waals surface area contributed by atoms with Gasteiger partial charge >= 0.3 is 0 Å². The fourth-order valence-electron chi connectivity index (χ4n) is 4.26. The lowest BCUT2D eigenvalue weighted by Crippen LogP contribution is -2.53. The van der Waals surface area contributed by atoms with Crippen LogP contribution in [0.4, 0.5) is 0 Å². The molecule has 0 aliphatic carbocycles. The lowest BCUT2D eigenvalue weighted by atomic mass is 9.86. The Bertz CT molecular complexity index is 1260. The Morgan fingerprint density at radius 3 is 2.28 bits per heavy atom. The highest BCUT2D eigenvalue weighted by molar-refractivity contribution is 6.35. The molecule has 208 valence electrons. The van der Waals surface area contributed by atoms with Crippen LogP contribution in [-0.2, 0) is 28.0 Å². The highest BCUT2D eigenvalue weighted by atomic mass is 35.5. The maximum atomic E-state index is 13.9. The Hall–Kier alpha value is -3.02. The van der Waals surface area contributed by atoms with Crippen molar-refractivity contribution in [1.29, 1.82) is 0 Å². The first-order valence-electron chi connectivity index (χ1n) is 13.3. The number of rotatable bonds is 11. The summed E-state index contributed by atoms with van der Waals surface area (Å²) < 4.78 is 6.10. The molecule has 5 nitrogen and oxygen atoms in total. The summed E-state index contributed by atoms with van der Waals surface area (Å²) in [7, 11) is 0. The Balaban J connectivity index is 1.98. The minimum absolute atomic E-state index is 0.0400. The van der Waals surface area contributed by atoms with Crippen molar-refractivity contribution in [3.63, 3.8) is 0 Å². The molecule has 0 saturated carbocycles. The SMILES string of the molecule is CC[C@H](C)NC(=O)[C@@H](Cc1ccccc1)N(Cc1ccc(Cl)cc1Cl)C(=O)COc1ccccc1C(C)(C)C. The smallest absolute Gasteiger partial charge is 0.261 e. The summed E-state index contributed by atoms with van der Waals surface area (Å²) in [6, 6.07) is 21.7. The number of carbonyl (C=O) groups is 2. The monoisotopic (exact) mass is 568 g/mol. The van der Waals surface area contributed by atoms with Crippen molar-refractivity contribution in [2.75, 3.05) is 6.61 Å². The van der Waals surface area contributed by atoms with Gasteiger partial charge in [0, 0.05) is 29.1 Å². The van der Waals surface area contributed by atoms with Crippen molar-refractivity contribution >= 4 is 35.0 Å². The van der Waals surface area contributed by atoms with Gasteiger partial charge in [-0.1, -0.05) is 105 Å². The number of benzene rings is 3. The average Bonchev–Trinajstić information content (AvgIpc) is 2.90. The van der Waals surface area contributed by atoms with Crippen LogP contribution in [0.3, 0.4) is 0 Å². The normalized spacial score (nSPS) is 12.9. The van der Waals surface area contributed by atoms with E-state index in [2.05, 4.69) is 26.1 Å². The summed E-state index contributed by atoms with van der Waals surface area (Å²) in [4.78, 5) is 29.1. The number of halogens is 2. The third kappa shape index (κ3) is 8.74. The zero-order valence-corrected chi connectivity index (χ0v) is 24.9. The van der Waals surface area contributed by atoms with Gasteiger partial charge in [0.1, 0.15) is 11.8 Å². The van der Waals surface area contributed by atoms with Crippen molar-refractivity contribution in [2.45, 2.75) is 71.5 Å². The van der Waals surface area contributed by atoms with E-state index in [4.69, 9.17) is 27.9 Å². The molecule has 0 unspecified atom stereocenters. The Morgan fingerprint density at radius 1 is 0.974 bits per heavy atom. The molecule has 3 rings (SSSR count). The van der Waals surface area contributed by atoms with Crippen LogP contribution in [0.15, 0.2) is 72.8 Å². The van der Waals surface area contributed by atoms with Gasteiger partial charge in [-0.3, -0.25) is 9.59 Å². The minimum Gasteiger partial charge on any atom is -0.483 e. The molecule has 39 heavy (non-hydrogen) atoms. The van der Waals surface area contributed by atoms with Crippen LogP contribution < -0.4 is 10.1 Å². The first-order valence-corrected chi connectivity index (χ1v) is 14.0. The predicted molar refractivity (Wildman–Crippen MR) is 159 cm³/mol. The number of hydrogen-bond acceptors (Lipinski definition) is 3. The zero-order chi connectivity index (χ0) is 28.6. The van der Waals surface area contributed by atoms with E-state index in [9.17, 15) is 9.59 Å². The second kappa shape index (κ2) is 13.9. The van der Waals surface area contributed by atoms with Crippen LogP contribution in [0.2, 0.25) is 10.0 Å². The van der Waals surface area contributed by atoms with Crippen molar-refractivity contribution in [1.82, 2.24) is 10.2 Å². The van der Waals surface area contributed by atoms with E-state index in [1.54, 1.807) is 23.1 Å². The fraction of sp³-hybridized carbons (Fsp3) is 0.375. The summed E-state index contributed by atoms with van der Waals surface area (Å²) >= 11 is 12.6. The van der Waals surface area contributed by atoms with Gasteiger partial charge in [-0.25, -0.2) is 0 Å². The van der Waals surface area contributed by atoms with Crippen LogP contribution in [0.5, 0.6) is 5.75 Å². The van der Waals surface area contributed by atoms with Gasteiger partial charge in [0.25, 0.3) is 5.91 Å². The van der Waals surface area contributed by atoms with Gasteiger partial charge in [0.15, 0.2) is 6.61 Å². The van der Waals surface area contributed by atoms with E-state index in [0.717, 1.165) is 17.5 Å². The number of amides is 2. The van der Waals surface area contributed by atoms with E-state index < -0.39 is 6.04 Å². The number of nitrogens with one attached hydrogen (secondary N) is 1. The summed E-state index contributed by atoms with van der Waals surface area (Å²) in [6.07, 6.45) is 1.12.